The first-order valence-electron chi connectivity index (χ1n) is 16.7. The van der Waals surface area contributed by atoms with E-state index in [0.717, 1.165) is 23.0 Å². The van der Waals surface area contributed by atoms with E-state index in [1.54, 1.807) is 0 Å². The van der Waals surface area contributed by atoms with E-state index in [0.29, 0.717) is 41.6 Å². The summed E-state index contributed by atoms with van der Waals surface area (Å²) in [7, 11) is 0. The lowest BCUT2D eigenvalue weighted by molar-refractivity contribution is 0.290. The van der Waals surface area contributed by atoms with E-state index in [2.05, 4.69) is 98.8 Å². The van der Waals surface area contributed by atoms with Crippen LogP contribution in [0.2, 0.25) is 0 Å². The Bertz CT molecular complexity index is 1350. The molecule has 2 aliphatic carbocycles. The zero-order chi connectivity index (χ0) is 29.8. The second kappa shape index (κ2) is 13.4. The molecule has 2 heteroatoms. The Morgan fingerprint density at radius 1 is 0.512 bits per heavy atom. The topological polar surface area (TPSA) is 40.5 Å². The van der Waals surface area contributed by atoms with Gasteiger partial charge in [0.25, 0.3) is 0 Å². The zero-order valence-corrected chi connectivity index (χ0v) is 26.0. The van der Waals surface area contributed by atoms with Gasteiger partial charge in [0.15, 0.2) is 0 Å². The molecule has 2 saturated carbocycles. The molecule has 2 unspecified atom stereocenters. The molecule has 43 heavy (non-hydrogen) atoms. The van der Waals surface area contributed by atoms with Gasteiger partial charge in [-0.05, 0) is 132 Å². The van der Waals surface area contributed by atoms with Gasteiger partial charge in [0.1, 0.15) is 11.5 Å². The molecule has 4 aromatic carbocycles. The van der Waals surface area contributed by atoms with Gasteiger partial charge in [-0.25, -0.2) is 0 Å². The average molecular weight is 573 g/mol. The van der Waals surface area contributed by atoms with Gasteiger partial charge in [-0.2, -0.15) is 0 Å². The third-order valence-corrected chi connectivity index (χ3v) is 11.2. The fourth-order valence-corrected chi connectivity index (χ4v) is 8.14. The monoisotopic (exact) mass is 572 g/mol. The second-order valence-corrected chi connectivity index (χ2v) is 13.6. The number of hydrogen-bond acceptors (Lipinski definition) is 2. The number of rotatable bonds is 8. The molecule has 0 saturated heterocycles. The fraction of sp³-hybridized carbons (Fsp3) is 0.415. The summed E-state index contributed by atoms with van der Waals surface area (Å²) in [5.74, 6) is 4.37. The third kappa shape index (κ3) is 6.85. The van der Waals surface area contributed by atoms with Crippen molar-refractivity contribution in [1.82, 2.24) is 0 Å². The van der Waals surface area contributed by atoms with E-state index in [4.69, 9.17) is 0 Å². The summed E-state index contributed by atoms with van der Waals surface area (Å²) in [6, 6.07) is 34.4. The molecule has 2 N–H and O–H groups in total. The molecular weight excluding hydrogens is 524 g/mol. The molecular formula is C41H48O2. The summed E-state index contributed by atoms with van der Waals surface area (Å²) in [6.45, 7) is 4.75. The van der Waals surface area contributed by atoms with Gasteiger partial charge >= 0.3 is 0 Å². The van der Waals surface area contributed by atoms with Crippen LogP contribution in [0.3, 0.4) is 0 Å². The largest absolute Gasteiger partial charge is 0.508 e. The van der Waals surface area contributed by atoms with Gasteiger partial charge < -0.3 is 10.2 Å². The molecule has 224 valence electrons. The zero-order valence-electron chi connectivity index (χ0n) is 26.0. The molecule has 0 amide bonds. The minimum absolute atomic E-state index is 0.353. The summed E-state index contributed by atoms with van der Waals surface area (Å²) >= 11 is 0. The lowest BCUT2D eigenvalue weighted by atomic mass is 9.72. The van der Waals surface area contributed by atoms with E-state index in [-0.39, 0.29) is 0 Å². The Morgan fingerprint density at radius 3 is 1.23 bits per heavy atom. The van der Waals surface area contributed by atoms with Gasteiger partial charge in [-0.15, -0.1) is 0 Å². The van der Waals surface area contributed by atoms with Crippen LogP contribution in [0.4, 0.5) is 0 Å². The Morgan fingerprint density at radius 2 is 0.884 bits per heavy atom. The number of hydrogen-bond donors (Lipinski definition) is 2. The highest BCUT2D eigenvalue weighted by atomic mass is 16.3. The van der Waals surface area contributed by atoms with Crippen molar-refractivity contribution in [2.45, 2.75) is 95.3 Å². The summed E-state index contributed by atoms with van der Waals surface area (Å²) in [6.07, 6.45) is 10.2. The van der Waals surface area contributed by atoms with Crippen LogP contribution in [0.15, 0.2) is 97.1 Å². The number of benzene rings is 4. The van der Waals surface area contributed by atoms with Crippen molar-refractivity contribution in [2.75, 3.05) is 0 Å². The van der Waals surface area contributed by atoms with Crippen LogP contribution in [-0.2, 0) is 6.42 Å². The summed E-state index contributed by atoms with van der Waals surface area (Å²) in [4.78, 5) is 0. The number of aromatic hydroxyl groups is 2. The first-order valence-corrected chi connectivity index (χ1v) is 16.7. The predicted molar refractivity (Wildman–Crippen MR) is 178 cm³/mol. The van der Waals surface area contributed by atoms with Crippen molar-refractivity contribution in [3.05, 3.63) is 130 Å². The van der Waals surface area contributed by atoms with Crippen LogP contribution in [0.5, 0.6) is 11.5 Å². The van der Waals surface area contributed by atoms with E-state index in [9.17, 15) is 10.2 Å². The van der Waals surface area contributed by atoms with E-state index < -0.39 is 0 Å². The Kier molecular flexibility index (Phi) is 9.22. The molecule has 2 aliphatic rings. The molecule has 0 spiro atoms. The van der Waals surface area contributed by atoms with Gasteiger partial charge in [0.05, 0.1) is 0 Å². The van der Waals surface area contributed by atoms with E-state index in [1.807, 2.05) is 12.1 Å². The quantitative estimate of drug-likeness (QED) is 0.220. The molecule has 0 radical (unpaired) electrons. The highest BCUT2D eigenvalue weighted by Crippen LogP contribution is 2.44. The highest BCUT2D eigenvalue weighted by molar-refractivity contribution is 5.45. The maximum Gasteiger partial charge on any atom is 0.119 e. The number of phenols is 2. The maximum atomic E-state index is 11.0. The minimum Gasteiger partial charge on any atom is -0.508 e. The molecule has 0 heterocycles. The van der Waals surface area contributed by atoms with Crippen LogP contribution in [-0.4, -0.2) is 10.2 Å². The molecule has 4 aromatic rings. The van der Waals surface area contributed by atoms with Gasteiger partial charge in [0.2, 0.25) is 0 Å². The normalized spacial score (nSPS) is 23.9. The van der Waals surface area contributed by atoms with Gasteiger partial charge in [-0.3, -0.25) is 0 Å². The molecule has 2 fully saturated rings. The predicted octanol–water partition coefficient (Wildman–Crippen LogP) is 10.8. The van der Waals surface area contributed by atoms with Crippen LogP contribution in [0.25, 0.3) is 0 Å². The van der Waals surface area contributed by atoms with Crippen molar-refractivity contribution in [1.29, 1.82) is 0 Å². The third-order valence-electron chi connectivity index (χ3n) is 11.2. The van der Waals surface area contributed by atoms with E-state index in [1.165, 1.54) is 73.6 Å². The number of phenolic OH excluding ortho intramolecular Hbond substituents is 2. The Balaban J connectivity index is 1.03. The lowest BCUT2D eigenvalue weighted by Crippen LogP contribution is -2.18. The van der Waals surface area contributed by atoms with Crippen LogP contribution < -0.4 is 0 Å². The van der Waals surface area contributed by atoms with Crippen molar-refractivity contribution in [3.63, 3.8) is 0 Å². The summed E-state index contributed by atoms with van der Waals surface area (Å²) < 4.78 is 0. The smallest absolute Gasteiger partial charge is 0.119 e. The summed E-state index contributed by atoms with van der Waals surface area (Å²) in [5.41, 5.74) is 7.17. The van der Waals surface area contributed by atoms with Crippen LogP contribution in [0, 0.1) is 11.8 Å². The first kappa shape index (κ1) is 29.5. The molecule has 0 bridgehead atoms. The molecule has 0 aromatic heterocycles. The highest BCUT2D eigenvalue weighted by Gasteiger charge is 2.28. The van der Waals surface area contributed by atoms with E-state index >= 15 is 0 Å². The van der Waals surface area contributed by atoms with Gasteiger partial charge in [-0.1, -0.05) is 98.8 Å². The molecule has 6 rings (SSSR count). The summed E-state index contributed by atoms with van der Waals surface area (Å²) in [5, 5.41) is 22.0. The van der Waals surface area contributed by atoms with Crippen LogP contribution >= 0.6 is 0 Å². The SMILES string of the molecule is CC(c1ccccc1)C1CCC(c2ccc(Cc3ccc(C4CCC(C(C)c5ccccc5)CC4)cc3O)c(O)c2)CC1. The minimum atomic E-state index is 0.353. The standard InChI is InChI=1S/C41H48O2/c1-28(30-9-5-3-6-10-30)32-13-17-34(18-14-32)36-21-23-38(40(42)26-36)25-39-24-22-37(27-41(39)43)35-19-15-33(16-20-35)29(2)31-11-7-4-8-12-31/h3-12,21-24,26-29,32-35,42-43H,13-20,25H2,1-2H3. The van der Waals surface area contributed by atoms with Crippen molar-refractivity contribution < 1.29 is 10.2 Å². The Labute approximate surface area is 258 Å². The Hall–Kier alpha value is -3.52. The maximum absolute atomic E-state index is 11.0. The second-order valence-electron chi connectivity index (χ2n) is 13.6. The van der Waals surface area contributed by atoms with Crippen molar-refractivity contribution in [3.8, 4) is 11.5 Å². The average Bonchev–Trinajstić information content (AvgIpc) is 3.07. The first-order chi connectivity index (χ1) is 21.0. The fourth-order valence-electron chi connectivity index (χ4n) is 8.14. The van der Waals surface area contributed by atoms with Crippen molar-refractivity contribution >= 4 is 0 Å². The molecule has 2 atom stereocenters. The van der Waals surface area contributed by atoms with Crippen LogP contribution in [0.1, 0.15) is 122 Å². The van der Waals surface area contributed by atoms with Crippen molar-refractivity contribution in [2.24, 2.45) is 11.8 Å². The lowest BCUT2D eigenvalue weighted by Gasteiger charge is -2.33. The molecule has 2 nitrogen and oxygen atoms in total. The molecule has 0 aliphatic heterocycles. The van der Waals surface area contributed by atoms with Gasteiger partial charge in [0, 0.05) is 6.42 Å².